The number of halogens is 1. The molecule has 0 bridgehead atoms. The lowest BCUT2D eigenvalue weighted by Crippen LogP contribution is -2.23. The van der Waals surface area contributed by atoms with Crippen molar-refractivity contribution in [3.63, 3.8) is 0 Å². The number of esters is 1. The molecule has 0 spiro atoms. The Morgan fingerprint density at radius 2 is 1.96 bits per heavy atom. The van der Waals surface area contributed by atoms with Crippen molar-refractivity contribution in [2.75, 3.05) is 18.5 Å². The van der Waals surface area contributed by atoms with Gasteiger partial charge in [-0.2, -0.15) is 0 Å². The Morgan fingerprint density at radius 3 is 2.65 bits per heavy atom. The third-order valence-electron chi connectivity index (χ3n) is 3.19. The Balaban J connectivity index is 1.77. The molecule has 0 radical (unpaired) electrons. The molecule has 0 unspecified atom stereocenters. The lowest BCUT2D eigenvalue weighted by molar-refractivity contribution is -0.384. The predicted molar refractivity (Wildman–Crippen MR) is 94.4 cm³/mol. The summed E-state index contributed by atoms with van der Waals surface area (Å²) in [6, 6.07) is 10.3. The molecule has 0 heterocycles. The summed E-state index contributed by atoms with van der Waals surface area (Å²) in [5.41, 5.74) is 0.869. The number of hydrogen-bond donors (Lipinski definition) is 1. The zero-order valence-electron chi connectivity index (χ0n) is 13.7. The molecule has 2 aromatic rings. The van der Waals surface area contributed by atoms with Gasteiger partial charge in [-0.1, -0.05) is 17.7 Å². The second kappa shape index (κ2) is 8.82. The molecule has 0 aromatic heterocycles. The average molecular weight is 379 g/mol. The molecule has 26 heavy (non-hydrogen) atoms. The predicted octanol–water partition coefficient (Wildman–Crippen LogP) is 3.12. The van der Waals surface area contributed by atoms with Crippen molar-refractivity contribution >= 4 is 34.9 Å². The summed E-state index contributed by atoms with van der Waals surface area (Å²) in [7, 11) is 0. The first-order valence-corrected chi connectivity index (χ1v) is 7.82. The van der Waals surface area contributed by atoms with Gasteiger partial charge in [-0.05, 0) is 36.8 Å². The number of nitro groups is 1. The van der Waals surface area contributed by atoms with Gasteiger partial charge in [0.2, 0.25) is 0 Å². The van der Waals surface area contributed by atoms with E-state index in [1.807, 2.05) is 0 Å². The number of amides is 1. The number of rotatable bonds is 7. The summed E-state index contributed by atoms with van der Waals surface area (Å²) >= 11 is 5.89. The number of aryl methyl sites for hydroxylation is 1. The normalized spacial score (nSPS) is 10.1. The van der Waals surface area contributed by atoms with E-state index in [2.05, 4.69) is 5.32 Å². The highest BCUT2D eigenvalue weighted by molar-refractivity contribution is 6.31. The highest BCUT2D eigenvalue weighted by Crippen LogP contribution is 2.21. The van der Waals surface area contributed by atoms with Crippen LogP contribution in [-0.4, -0.2) is 30.0 Å². The first-order valence-electron chi connectivity index (χ1n) is 7.44. The van der Waals surface area contributed by atoms with Crippen molar-refractivity contribution in [2.45, 2.75) is 6.92 Å². The van der Waals surface area contributed by atoms with Gasteiger partial charge in [-0.25, -0.2) is 4.79 Å². The fraction of sp³-hybridized carbons (Fsp3) is 0.176. The lowest BCUT2D eigenvalue weighted by atomic mass is 10.2. The van der Waals surface area contributed by atoms with E-state index in [9.17, 15) is 19.7 Å². The van der Waals surface area contributed by atoms with E-state index < -0.39 is 23.4 Å². The molecule has 0 aliphatic rings. The lowest BCUT2D eigenvalue weighted by Gasteiger charge is -2.08. The van der Waals surface area contributed by atoms with Crippen molar-refractivity contribution in [3.8, 4) is 5.75 Å². The summed E-state index contributed by atoms with van der Waals surface area (Å²) in [6.07, 6.45) is 0. The van der Waals surface area contributed by atoms with Crippen LogP contribution in [0.4, 0.5) is 11.4 Å². The summed E-state index contributed by atoms with van der Waals surface area (Å²) in [6.45, 7) is 0.890. The van der Waals surface area contributed by atoms with Crippen LogP contribution < -0.4 is 10.1 Å². The highest BCUT2D eigenvalue weighted by Gasteiger charge is 2.11. The molecule has 2 rings (SSSR count). The number of nitrogens with zero attached hydrogens (tertiary/aromatic N) is 1. The van der Waals surface area contributed by atoms with Crippen LogP contribution in [0.5, 0.6) is 5.75 Å². The summed E-state index contributed by atoms with van der Waals surface area (Å²) in [4.78, 5) is 33.5. The van der Waals surface area contributed by atoms with Crippen molar-refractivity contribution in [1.82, 2.24) is 0 Å². The molecule has 9 heteroatoms. The molecule has 0 saturated heterocycles. The maximum Gasteiger partial charge on any atom is 0.344 e. The number of anilines is 1. The van der Waals surface area contributed by atoms with Crippen LogP contribution in [0, 0.1) is 17.0 Å². The Bertz CT molecular complexity index is 840. The van der Waals surface area contributed by atoms with Crippen LogP contribution in [0.25, 0.3) is 0 Å². The number of carbonyl (C=O) groups is 2. The Kier molecular flexibility index (Phi) is 6.51. The third-order valence-corrected chi connectivity index (χ3v) is 3.62. The first-order chi connectivity index (χ1) is 12.3. The second-order valence-electron chi connectivity index (χ2n) is 5.22. The van der Waals surface area contributed by atoms with Crippen molar-refractivity contribution < 1.29 is 24.0 Å². The minimum Gasteiger partial charge on any atom is -0.482 e. The fourth-order valence-electron chi connectivity index (χ4n) is 1.93. The summed E-state index contributed by atoms with van der Waals surface area (Å²) < 4.78 is 10.0. The van der Waals surface area contributed by atoms with E-state index in [0.29, 0.717) is 10.8 Å². The van der Waals surface area contributed by atoms with Crippen LogP contribution in [-0.2, 0) is 14.3 Å². The maximum atomic E-state index is 11.7. The highest BCUT2D eigenvalue weighted by atomic mass is 35.5. The van der Waals surface area contributed by atoms with Gasteiger partial charge in [0.25, 0.3) is 11.6 Å². The Hall–Kier alpha value is -3.13. The number of nitrogens with one attached hydrogen (secondary N) is 1. The largest absolute Gasteiger partial charge is 0.482 e. The van der Waals surface area contributed by atoms with Crippen LogP contribution in [0.2, 0.25) is 5.02 Å². The van der Waals surface area contributed by atoms with Crippen molar-refractivity contribution in [3.05, 3.63) is 63.2 Å². The Labute approximate surface area is 153 Å². The molecule has 0 fully saturated rings. The van der Waals surface area contributed by atoms with Gasteiger partial charge >= 0.3 is 5.97 Å². The fourth-order valence-corrected chi connectivity index (χ4v) is 2.05. The van der Waals surface area contributed by atoms with Crippen LogP contribution >= 0.6 is 11.6 Å². The van der Waals surface area contributed by atoms with Gasteiger partial charge in [-0.15, -0.1) is 0 Å². The van der Waals surface area contributed by atoms with E-state index >= 15 is 0 Å². The van der Waals surface area contributed by atoms with Gasteiger partial charge in [0.1, 0.15) is 5.75 Å². The summed E-state index contributed by atoms with van der Waals surface area (Å²) in [5.74, 6) is -0.905. The second-order valence-corrected chi connectivity index (χ2v) is 5.62. The maximum absolute atomic E-state index is 11.7. The van der Waals surface area contributed by atoms with Crippen LogP contribution in [0.3, 0.4) is 0 Å². The third kappa shape index (κ3) is 5.75. The quantitative estimate of drug-likeness (QED) is 0.450. The van der Waals surface area contributed by atoms with Crippen molar-refractivity contribution in [1.29, 1.82) is 0 Å². The van der Waals surface area contributed by atoms with Gasteiger partial charge in [-0.3, -0.25) is 14.9 Å². The van der Waals surface area contributed by atoms with E-state index in [1.165, 1.54) is 24.3 Å². The molecule has 0 aliphatic carbocycles. The number of non-ortho nitro benzene ring substituents is 1. The van der Waals surface area contributed by atoms with Gasteiger partial charge in [0.05, 0.1) is 4.92 Å². The minimum absolute atomic E-state index is 0.161. The molecule has 0 saturated carbocycles. The topological polar surface area (TPSA) is 108 Å². The number of ether oxygens (including phenoxy) is 2. The molecular formula is C17H15ClN2O6. The molecule has 0 atom stereocenters. The van der Waals surface area contributed by atoms with Crippen LogP contribution in [0.1, 0.15) is 5.56 Å². The average Bonchev–Trinajstić information content (AvgIpc) is 2.61. The number of hydrogen-bond acceptors (Lipinski definition) is 6. The number of benzene rings is 2. The Morgan fingerprint density at radius 1 is 1.19 bits per heavy atom. The van der Waals surface area contributed by atoms with Crippen molar-refractivity contribution in [2.24, 2.45) is 0 Å². The van der Waals surface area contributed by atoms with Gasteiger partial charge in [0, 0.05) is 22.8 Å². The molecule has 8 nitrogen and oxygen atoms in total. The smallest absolute Gasteiger partial charge is 0.344 e. The summed E-state index contributed by atoms with van der Waals surface area (Å²) in [5, 5.41) is 13.7. The van der Waals surface area contributed by atoms with Gasteiger partial charge < -0.3 is 14.8 Å². The minimum atomic E-state index is -0.730. The molecule has 136 valence electrons. The zero-order chi connectivity index (χ0) is 19.1. The van der Waals surface area contributed by atoms with Gasteiger partial charge in [0.15, 0.2) is 13.2 Å². The van der Waals surface area contributed by atoms with E-state index in [4.69, 9.17) is 21.1 Å². The van der Waals surface area contributed by atoms with Crippen LogP contribution in [0.15, 0.2) is 42.5 Å². The van der Waals surface area contributed by atoms with E-state index in [0.717, 1.165) is 5.56 Å². The molecule has 1 amide bonds. The molecular weight excluding hydrogens is 364 g/mol. The number of nitro benzene ring substituents is 1. The molecule has 2 aromatic carbocycles. The van der Waals surface area contributed by atoms with E-state index in [1.54, 1.807) is 25.1 Å². The number of carbonyl (C=O) groups excluding carboxylic acids is 2. The SMILES string of the molecule is Cc1cc(OCC(=O)OCC(=O)Nc2cccc([N+](=O)[O-])c2)ccc1Cl. The monoisotopic (exact) mass is 378 g/mol. The first kappa shape index (κ1) is 19.2. The van der Waals surface area contributed by atoms with E-state index in [-0.39, 0.29) is 18.0 Å². The zero-order valence-corrected chi connectivity index (χ0v) is 14.5. The molecule has 0 aliphatic heterocycles. The molecule has 1 N–H and O–H groups in total. The standard InChI is InChI=1S/C17H15ClN2O6/c1-11-7-14(5-6-15(11)18)25-10-17(22)26-9-16(21)19-12-3-2-4-13(8-12)20(23)24/h2-8H,9-10H2,1H3,(H,19,21).